The monoisotopic (exact) mass is 335 g/mol. The molecule has 128 valence electrons. The van der Waals surface area contributed by atoms with Gasteiger partial charge in [0.05, 0.1) is 10.5 Å². The summed E-state index contributed by atoms with van der Waals surface area (Å²) in [6.07, 6.45) is 2.17. The number of urea groups is 1. The van der Waals surface area contributed by atoms with E-state index in [1.165, 1.54) is 24.3 Å². The van der Waals surface area contributed by atoms with Crippen LogP contribution in [-0.2, 0) is 14.3 Å². The van der Waals surface area contributed by atoms with Crippen LogP contribution in [0.5, 0.6) is 0 Å². The summed E-state index contributed by atoms with van der Waals surface area (Å²) in [5.74, 6) is -1.66. The van der Waals surface area contributed by atoms with Crippen molar-refractivity contribution in [1.82, 2.24) is 10.6 Å². The van der Waals surface area contributed by atoms with Gasteiger partial charge in [0.25, 0.3) is 11.6 Å². The zero-order chi connectivity index (χ0) is 18.1. The molecule has 0 unspecified atom stereocenters. The van der Waals surface area contributed by atoms with Gasteiger partial charge in [-0.3, -0.25) is 20.2 Å². The molecular formula is C15H17N3O6. The first kappa shape index (κ1) is 18.8. The van der Waals surface area contributed by atoms with Crippen molar-refractivity contribution >= 4 is 29.7 Å². The van der Waals surface area contributed by atoms with Gasteiger partial charge in [-0.25, -0.2) is 9.59 Å². The van der Waals surface area contributed by atoms with Gasteiger partial charge in [-0.05, 0) is 26.0 Å². The molecule has 2 N–H and O–H groups in total. The molecule has 9 heteroatoms. The van der Waals surface area contributed by atoms with Gasteiger partial charge in [0, 0.05) is 18.2 Å². The number of amides is 3. The van der Waals surface area contributed by atoms with Crippen molar-refractivity contribution < 1.29 is 24.0 Å². The number of nitro benzene ring substituents is 1. The lowest BCUT2D eigenvalue weighted by Crippen LogP contribution is -2.43. The van der Waals surface area contributed by atoms with Gasteiger partial charge >= 0.3 is 12.0 Å². The number of ether oxygens (including phenoxy) is 1. The van der Waals surface area contributed by atoms with Gasteiger partial charge in [-0.1, -0.05) is 12.1 Å². The average molecular weight is 335 g/mol. The maximum absolute atomic E-state index is 11.5. The number of nitrogens with one attached hydrogen (secondary N) is 2. The lowest BCUT2D eigenvalue weighted by molar-refractivity contribution is -0.385. The van der Waals surface area contributed by atoms with E-state index in [0.717, 1.165) is 6.08 Å². The van der Waals surface area contributed by atoms with Crippen LogP contribution in [0.25, 0.3) is 6.08 Å². The van der Waals surface area contributed by atoms with Gasteiger partial charge in [0.15, 0.2) is 6.61 Å². The SMILES string of the molecule is CC(C)NC(=O)NC(=O)COC(=O)/C=C/c1ccccc1[N+](=O)[O-]. The molecule has 0 heterocycles. The summed E-state index contributed by atoms with van der Waals surface area (Å²) in [4.78, 5) is 44.4. The molecule has 0 saturated heterocycles. The summed E-state index contributed by atoms with van der Waals surface area (Å²) in [5, 5.41) is 15.2. The third-order valence-corrected chi connectivity index (χ3v) is 2.55. The molecule has 0 bridgehead atoms. The molecule has 9 nitrogen and oxygen atoms in total. The van der Waals surface area contributed by atoms with Gasteiger partial charge in [-0.2, -0.15) is 0 Å². The summed E-state index contributed by atoms with van der Waals surface area (Å²) in [6.45, 7) is 2.79. The molecule has 0 aromatic heterocycles. The number of nitro groups is 1. The summed E-state index contributed by atoms with van der Waals surface area (Å²) < 4.78 is 4.64. The fourth-order valence-electron chi connectivity index (χ4n) is 1.60. The highest BCUT2D eigenvalue weighted by Gasteiger charge is 2.12. The summed E-state index contributed by atoms with van der Waals surface area (Å²) >= 11 is 0. The molecule has 1 aromatic carbocycles. The Kier molecular flexibility index (Phi) is 7.08. The second-order valence-electron chi connectivity index (χ2n) is 4.93. The van der Waals surface area contributed by atoms with E-state index in [1.807, 2.05) is 5.32 Å². The molecule has 0 aliphatic carbocycles. The minimum absolute atomic E-state index is 0.148. The molecule has 0 aliphatic rings. The number of benzene rings is 1. The van der Waals surface area contributed by atoms with Crippen molar-refractivity contribution in [3.63, 3.8) is 0 Å². The van der Waals surface area contributed by atoms with Crippen molar-refractivity contribution in [2.75, 3.05) is 6.61 Å². The van der Waals surface area contributed by atoms with Gasteiger partial charge in [0.1, 0.15) is 0 Å². The normalized spacial score (nSPS) is 10.5. The lowest BCUT2D eigenvalue weighted by atomic mass is 10.1. The highest BCUT2D eigenvalue weighted by atomic mass is 16.6. The molecular weight excluding hydrogens is 318 g/mol. The van der Waals surface area contributed by atoms with E-state index >= 15 is 0 Å². The maximum atomic E-state index is 11.5. The lowest BCUT2D eigenvalue weighted by Gasteiger charge is -2.08. The topological polar surface area (TPSA) is 128 Å². The first-order valence-corrected chi connectivity index (χ1v) is 6.98. The standard InChI is InChI=1S/C15H17N3O6/c1-10(2)16-15(21)17-13(19)9-24-14(20)8-7-11-5-3-4-6-12(11)18(22)23/h3-8,10H,9H2,1-2H3,(H2,16,17,19,21)/b8-7+. The number of rotatable bonds is 6. The molecule has 0 aliphatic heterocycles. The van der Waals surface area contributed by atoms with E-state index in [0.29, 0.717) is 0 Å². The molecule has 0 radical (unpaired) electrons. The van der Waals surface area contributed by atoms with Crippen molar-refractivity contribution in [1.29, 1.82) is 0 Å². The molecule has 3 amide bonds. The fourth-order valence-corrected chi connectivity index (χ4v) is 1.60. The molecule has 1 aromatic rings. The minimum atomic E-state index is -0.868. The van der Waals surface area contributed by atoms with Crippen LogP contribution >= 0.6 is 0 Å². The Bertz CT molecular complexity index is 669. The van der Waals surface area contributed by atoms with Crippen LogP contribution in [0.1, 0.15) is 19.4 Å². The Balaban J connectivity index is 2.51. The van der Waals surface area contributed by atoms with Crippen molar-refractivity contribution in [3.05, 3.63) is 46.0 Å². The van der Waals surface area contributed by atoms with E-state index in [4.69, 9.17) is 0 Å². The van der Waals surface area contributed by atoms with Crippen LogP contribution in [0.4, 0.5) is 10.5 Å². The molecule has 1 rings (SSSR count). The molecule has 0 saturated carbocycles. The smallest absolute Gasteiger partial charge is 0.331 e. The summed E-state index contributed by atoms with van der Waals surface area (Å²) in [5.41, 5.74) is 0.0601. The van der Waals surface area contributed by atoms with E-state index in [2.05, 4.69) is 10.1 Å². The predicted octanol–water partition coefficient (Wildman–Crippen LogP) is 1.39. The van der Waals surface area contributed by atoms with E-state index in [1.54, 1.807) is 19.9 Å². The van der Waals surface area contributed by atoms with Crippen molar-refractivity contribution in [2.24, 2.45) is 0 Å². The number of hydrogen-bond donors (Lipinski definition) is 2. The number of para-hydroxylation sites is 1. The van der Waals surface area contributed by atoms with Crippen LogP contribution in [0.15, 0.2) is 30.3 Å². The zero-order valence-electron chi connectivity index (χ0n) is 13.1. The molecule has 24 heavy (non-hydrogen) atoms. The maximum Gasteiger partial charge on any atom is 0.331 e. The van der Waals surface area contributed by atoms with Gasteiger partial charge < -0.3 is 10.1 Å². The largest absolute Gasteiger partial charge is 0.452 e. The molecule has 0 spiro atoms. The van der Waals surface area contributed by atoms with Crippen LogP contribution in [0, 0.1) is 10.1 Å². The van der Waals surface area contributed by atoms with E-state index in [9.17, 15) is 24.5 Å². The molecule has 0 fully saturated rings. The number of esters is 1. The summed E-state index contributed by atoms with van der Waals surface area (Å²) in [7, 11) is 0. The van der Waals surface area contributed by atoms with Crippen LogP contribution in [0.2, 0.25) is 0 Å². The number of nitrogens with zero attached hydrogens (tertiary/aromatic N) is 1. The number of carbonyl (C=O) groups is 3. The van der Waals surface area contributed by atoms with Crippen LogP contribution < -0.4 is 10.6 Å². The number of imide groups is 1. The average Bonchev–Trinajstić information content (AvgIpc) is 2.50. The second kappa shape index (κ2) is 9.03. The van der Waals surface area contributed by atoms with Crippen LogP contribution in [0.3, 0.4) is 0 Å². The Morgan fingerprint density at radius 2 is 1.96 bits per heavy atom. The van der Waals surface area contributed by atoms with Crippen LogP contribution in [-0.4, -0.2) is 35.5 Å². The van der Waals surface area contributed by atoms with E-state index in [-0.39, 0.29) is 17.3 Å². The van der Waals surface area contributed by atoms with E-state index < -0.39 is 29.4 Å². The summed E-state index contributed by atoms with van der Waals surface area (Å²) in [6, 6.07) is 5.00. The fraction of sp³-hybridized carbons (Fsp3) is 0.267. The first-order valence-electron chi connectivity index (χ1n) is 6.98. The first-order chi connectivity index (χ1) is 11.3. The highest BCUT2D eigenvalue weighted by Crippen LogP contribution is 2.18. The van der Waals surface area contributed by atoms with Gasteiger partial charge in [0.2, 0.25) is 0 Å². The molecule has 0 atom stereocenters. The Morgan fingerprint density at radius 3 is 2.58 bits per heavy atom. The third kappa shape index (κ3) is 6.69. The zero-order valence-corrected chi connectivity index (χ0v) is 13.1. The number of carbonyl (C=O) groups excluding carboxylic acids is 3. The van der Waals surface area contributed by atoms with Gasteiger partial charge in [-0.15, -0.1) is 0 Å². The predicted molar refractivity (Wildman–Crippen MR) is 84.9 cm³/mol. The second-order valence-corrected chi connectivity index (χ2v) is 4.93. The Morgan fingerprint density at radius 1 is 1.29 bits per heavy atom. The van der Waals surface area contributed by atoms with Crippen molar-refractivity contribution in [3.8, 4) is 0 Å². The third-order valence-electron chi connectivity index (χ3n) is 2.55. The van der Waals surface area contributed by atoms with Crippen molar-refractivity contribution in [2.45, 2.75) is 19.9 Å². The Labute approximate surface area is 137 Å². The highest BCUT2D eigenvalue weighted by molar-refractivity contribution is 5.96. The number of hydrogen-bond acceptors (Lipinski definition) is 6. The minimum Gasteiger partial charge on any atom is -0.452 e. The Hall–Kier alpha value is -3.23. The quantitative estimate of drug-likeness (QED) is 0.350.